The molecule has 8 heteroatoms. The summed E-state index contributed by atoms with van der Waals surface area (Å²) in [7, 11) is 0. The van der Waals surface area contributed by atoms with Crippen LogP contribution >= 0.6 is 0 Å². The summed E-state index contributed by atoms with van der Waals surface area (Å²) >= 11 is 0. The summed E-state index contributed by atoms with van der Waals surface area (Å²) in [6.45, 7) is 5.31. The molecule has 1 heterocycles. The van der Waals surface area contributed by atoms with E-state index in [4.69, 9.17) is 4.74 Å². The van der Waals surface area contributed by atoms with Gasteiger partial charge in [0, 0.05) is 23.6 Å². The van der Waals surface area contributed by atoms with E-state index in [1.54, 1.807) is 45.0 Å². The van der Waals surface area contributed by atoms with Gasteiger partial charge in [0.15, 0.2) is 0 Å². The summed E-state index contributed by atoms with van der Waals surface area (Å²) in [6.07, 6.45) is 0.876. The molecule has 0 aliphatic heterocycles. The summed E-state index contributed by atoms with van der Waals surface area (Å²) in [5.74, 6) is 0.122. The molecule has 0 bridgehead atoms. The first-order valence-electron chi connectivity index (χ1n) is 7.21. The normalized spacial score (nSPS) is 10.8. The first-order chi connectivity index (χ1) is 11.2. The molecule has 2 rings (SSSR count). The Hall–Kier alpha value is -3.16. The predicted octanol–water partition coefficient (Wildman–Crippen LogP) is 4.08. The van der Waals surface area contributed by atoms with E-state index in [9.17, 15) is 14.9 Å². The van der Waals surface area contributed by atoms with E-state index in [1.807, 2.05) is 0 Å². The van der Waals surface area contributed by atoms with Crippen molar-refractivity contribution < 1.29 is 14.5 Å². The van der Waals surface area contributed by atoms with E-state index in [2.05, 4.69) is 15.6 Å². The van der Waals surface area contributed by atoms with Crippen molar-refractivity contribution in [2.24, 2.45) is 0 Å². The minimum Gasteiger partial charge on any atom is -0.444 e. The predicted molar refractivity (Wildman–Crippen MR) is 90.5 cm³/mol. The largest absolute Gasteiger partial charge is 0.444 e. The molecule has 2 aromatic rings. The first kappa shape index (κ1) is 17.2. The SMILES string of the molecule is CC(C)(C)OC(=O)Nc1cccc(Nc2ncccc2[N+](=O)[O-])c1. The molecule has 0 unspecified atom stereocenters. The third-order valence-corrected chi connectivity index (χ3v) is 2.75. The van der Waals surface area contributed by atoms with Crippen LogP contribution in [0.4, 0.5) is 27.7 Å². The number of anilines is 3. The number of nitrogens with one attached hydrogen (secondary N) is 2. The van der Waals surface area contributed by atoms with Gasteiger partial charge in [-0.15, -0.1) is 0 Å². The summed E-state index contributed by atoms with van der Waals surface area (Å²) in [5, 5.41) is 16.5. The highest BCUT2D eigenvalue weighted by Crippen LogP contribution is 2.26. The van der Waals surface area contributed by atoms with Crippen LogP contribution in [0.25, 0.3) is 0 Å². The van der Waals surface area contributed by atoms with Crippen molar-refractivity contribution in [1.29, 1.82) is 0 Å². The molecular formula is C16H18N4O4. The number of carbonyl (C=O) groups is 1. The molecule has 1 aromatic carbocycles. The zero-order valence-corrected chi connectivity index (χ0v) is 13.6. The van der Waals surface area contributed by atoms with Crippen LogP contribution in [-0.4, -0.2) is 21.6 Å². The Bertz CT molecular complexity index is 756. The van der Waals surface area contributed by atoms with Crippen LogP contribution in [0.5, 0.6) is 0 Å². The van der Waals surface area contributed by atoms with E-state index in [1.165, 1.54) is 18.3 Å². The maximum Gasteiger partial charge on any atom is 0.412 e. The maximum atomic E-state index is 11.8. The molecule has 0 saturated heterocycles. The minimum absolute atomic E-state index is 0.122. The Kier molecular flexibility index (Phi) is 4.98. The standard InChI is InChI=1S/C16H18N4O4/c1-16(2,3)24-15(21)19-12-7-4-6-11(10-12)18-14-13(20(22)23)8-5-9-17-14/h4-10H,1-3H3,(H,17,18)(H,19,21). The fourth-order valence-corrected chi connectivity index (χ4v) is 1.87. The summed E-state index contributed by atoms with van der Waals surface area (Å²) in [6, 6.07) is 9.56. The van der Waals surface area contributed by atoms with Crippen molar-refractivity contribution in [2.75, 3.05) is 10.6 Å². The van der Waals surface area contributed by atoms with E-state index in [0.29, 0.717) is 11.4 Å². The van der Waals surface area contributed by atoms with E-state index in [0.717, 1.165) is 0 Å². The van der Waals surface area contributed by atoms with Gasteiger partial charge in [0.05, 0.1) is 4.92 Å². The highest BCUT2D eigenvalue weighted by atomic mass is 16.6. The zero-order chi connectivity index (χ0) is 17.7. The summed E-state index contributed by atoms with van der Waals surface area (Å²) < 4.78 is 5.18. The van der Waals surface area contributed by atoms with Gasteiger partial charge < -0.3 is 10.1 Å². The summed E-state index contributed by atoms with van der Waals surface area (Å²) in [5.41, 5.74) is 0.301. The van der Waals surface area contributed by atoms with Gasteiger partial charge in [0.1, 0.15) is 5.60 Å². The number of amides is 1. The zero-order valence-electron chi connectivity index (χ0n) is 13.6. The van der Waals surface area contributed by atoms with Crippen LogP contribution in [0.15, 0.2) is 42.6 Å². The number of hydrogen-bond donors (Lipinski definition) is 2. The van der Waals surface area contributed by atoms with Crippen molar-refractivity contribution >= 4 is 29.0 Å². The van der Waals surface area contributed by atoms with Gasteiger partial charge in [-0.05, 0) is 45.0 Å². The van der Waals surface area contributed by atoms with Gasteiger partial charge in [-0.25, -0.2) is 9.78 Å². The minimum atomic E-state index is -0.603. The fraction of sp³-hybridized carbons (Fsp3) is 0.250. The molecule has 0 spiro atoms. The molecule has 0 aliphatic carbocycles. The van der Waals surface area contributed by atoms with E-state index < -0.39 is 16.6 Å². The number of hydrogen-bond acceptors (Lipinski definition) is 6. The molecule has 126 valence electrons. The average Bonchev–Trinajstić information content (AvgIpc) is 2.45. The highest BCUT2D eigenvalue weighted by Gasteiger charge is 2.17. The molecule has 2 N–H and O–H groups in total. The van der Waals surface area contributed by atoms with E-state index >= 15 is 0 Å². The van der Waals surface area contributed by atoms with Gasteiger partial charge in [-0.2, -0.15) is 0 Å². The lowest BCUT2D eigenvalue weighted by molar-refractivity contribution is -0.384. The molecular weight excluding hydrogens is 312 g/mol. The van der Waals surface area contributed by atoms with Crippen LogP contribution in [0.3, 0.4) is 0 Å². The second-order valence-electron chi connectivity index (χ2n) is 5.96. The summed E-state index contributed by atoms with van der Waals surface area (Å²) in [4.78, 5) is 26.2. The van der Waals surface area contributed by atoms with Gasteiger partial charge in [-0.3, -0.25) is 15.4 Å². The van der Waals surface area contributed by atoms with Gasteiger partial charge in [0.25, 0.3) is 0 Å². The topological polar surface area (TPSA) is 106 Å². The Morgan fingerprint density at radius 3 is 2.58 bits per heavy atom. The number of ether oxygens (including phenoxy) is 1. The number of pyridine rings is 1. The monoisotopic (exact) mass is 330 g/mol. The van der Waals surface area contributed by atoms with Gasteiger partial charge in [0.2, 0.25) is 5.82 Å². The van der Waals surface area contributed by atoms with Crippen molar-refractivity contribution in [1.82, 2.24) is 4.98 Å². The van der Waals surface area contributed by atoms with Crippen molar-refractivity contribution in [2.45, 2.75) is 26.4 Å². The molecule has 0 fully saturated rings. The lowest BCUT2D eigenvalue weighted by atomic mass is 10.2. The third kappa shape index (κ3) is 4.94. The molecule has 0 atom stereocenters. The number of aromatic nitrogens is 1. The second-order valence-corrected chi connectivity index (χ2v) is 5.96. The van der Waals surface area contributed by atoms with Crippen LogP contribution in [0.2, 0.25) is 0 Å². The van der Waals surface area contributed by atoms with Crippen LogP contribution in [0.1, 0.15) is 20.8 Å². The van der Waals surface area contributed by atoms with Crippen LogP contribution in [-0.2, 0) is 4.74 Å². The van der Waals surface area contributed by atoms with Gasteiger partial charge >= 0.3 is 11.8 Å². The third-order valence-electron chi connectivity index (χ3n) is 2.75. The average molecular weight is 330 g/mol. The Morgan fingerprint density at radius 1 is 1.21 bits per heavy atom. The molecule has 0 aliphatic rings. The van der Waals surface area contributed by atoms with E-state index in [-0.39, 0.29) is 11.5 Å². The molecule has 8 nitrogen and oxygen atoms in total. The highest BCUT2D eigenvalue weighted by molar-refractivity contribution is 5.86. The smallest absolute Gasteiger partial charge is 0.412 e. The Morgan fingerprint density at radius 2 is 1.92 bits per heavy atom. The van der Waals surface area contributed by atoms with Gasteiger partial charge in [-0.1, -0.05) is 6.07 Å². The molecule has 1 amide bonds. The number of carbonyl (C=O) groups excluding carboxylic acids is 1. The lowest BCUT2D eigenvalue weighted by Crippen LogP contribution is -2.27. The first-order valence-corrected chi connectivity index (χ1v) is 7.21. The molecule has 1 aromatic heterocycles. The van der Waals surface area contributed by atoms with Crippen LogP contribution < -0.4 is 10.6 Å². The maximum absolute atomic E-state index is 11.8. The Balaban J connectivity index is 2.14. The number of benzene rings is 1. The molecule has 24 heavy (non-hydrogen) atoms. The molecule has 0 saturated carbocycles. The number of nitro groups is 1. The fourth-order valence-electron chi connectivity index (χ4n) is 1.87. The lowest BCUT2D eigenvalue weighted by Gasteiger charge is -2.19. The van der Waals surface area contributed by atoms with Crippen molar-refractivity contribution in [3.63, 3.8) is 0 Å². The second kappa shape index (κ2) is 6.95. The number of rotatable bonds is 4. The van der Waals surface area contributed by atoms with Crippen molar-refractivity contribution in [3.8, 4) is 0 Å². The van der Waals surface area contributed by atoms with Crippen molar-refractivity contribution in [3.05, 3.63) is 52.7 Å². The molecule has 0 radical (unpaired) electrons. The number of nitrogens with zero attached hydrogens (tertiary/aromatic N) is 2. The Labute approximate surface area is 139 Å². The van der Waals surface area contributed by atoms with Crippen LogP contribution in [0, 0.1) is 10.1 Å². The quantitative estimate of drug-likeness (QED) is 0.646.